The van der Waals surface area contributed by atoms with Gasteiger partial charge in [-0.25, -0.2) is 0 Å². The highest BCUT2D eigenvalue weighted by Gasteiger charge is 2.31. The summed E-state index contributed by atoms with van der Waals surface area (Å²) in [6.45, 7) is 2.84. The normalized spacial score (nSPS) is 12.6. The monoisotopic (exact) mass is 436 g/mol. The van der Waals surface area contributed by atoms with Crippen molar-refractivity contribution in [2.45, 2.75) is 33.4 Å². The van der Waals surface area contributed by atoms with Gasteiger partial charge in [-0.1, -0.05) is 69.9 Å². The maximum absolute atomic E-state index is 12.1. The molecule has 0 aliphatic carbocycles. The Balaban J connectivity index is 2.34. The van der Waals surface area contributed by atoms with Crippen molar-refractivity contribution >= 4 is 81.5 Å². The molecule has 0 fully saturated rings. The number of carbonyl (C=O) groups is 2. The minimum atomic E-state index is -0.218. The van der Waals surface area contributed by atoms with E-state index < -0.39 is 0 Å². The molecule has 0 unspecified atom stereocenters. The van der Waals surface area contributed by atoms with Gasteiger partial charge in [-0.15, -0.1) is 0 Å². The van der Waals surface area contributed by atoms with E-state index in [-0.39, 0.29) is 21.6 Å². The number of hydrogen-bond acceptors (Lipinski definition) is 4. The van der Waals surface area contributed by atoms with Gasteiger partial charge in [-0.2, -0.15) is 0 Å². The molecule has 1 heterocycles. The molecule has 2 nitrogen and oxygen atoms in total. The lowest BCUT2D eigenvalue weighted by Gasteiger charge is -2.24. The molecule has 0 spiro atoms. The minimum absolute atomic E-state index is 0.102. The number of benzene rings is 2. The van der Waals surface area contributed by atoms with Crippen molar-refractivity contribution in [3.63, 3.8) is 0 Å². The third-order valence-electron chi connectivity index (χ3n) is 3.41. The van der Waals surface area contributed by atoms with Crippen molar-refractivity contribution in [3.05, 3.63) is 43.4 Å². The van der Waals surface area contributed by atoms with Gasteiger partial charge in [0.1, 0.15) is 0 Å². The van der Waals surface area contributed by atoms with Crippen molar-refractivity contribution in [2.24, 2.45) is 0 Å². The van der Waals surface area contributed by atoms with Crippen molar-refractivity contribution in [2.75, 3.05) is 0 Å². The van der Waals surface area contributed by atoms with E-state index in [4.69, 9.17) is 46.4 Å². The average Bonchev–Trinajstić information content (AvgIpc) is 2.48. The van der Waals surface area contributed by atoms with Crippen LogP contribution in [0.15, 0.2) is 31.7 Å². The maximum atomic E-state index is 12.1. The van der Waals surface area contributed by atoms with Crippen LogP contribution in [-0.4, -0.2) is 11.6 Å². The Morgan fingerprint density at radius 2 is 1.08 bits per heavy atom. The number of halogens is 4. The van der Waals surface area contributed by atoms with E-state index in [0.29, 0.717) is 31.0 Å². The second-order valence-corrected chi connectivity index (χ2v) is 8.74. The Morgan fingerprint density at radius 3 is 1.38 bits per heavy atom. The van der Waals surface area contributed by atoms with Gasteiger partial charge in [0.05, 0.1) is 31.2 Å². The van der Waals surface area contributed by atoms with Crippen LogP contribution in [0.1, 0.15) is 34.6 Å². The minimum Gasteiger partial charge on any atom is -0.294 e. The smallest absolute Gasteiger partial charge is 0.162 e. The molecule has 3 rings (SSSR count). The molecule has 0 N–H and O–H groups in total. The summed E-state index contributed by atoms with van der Waals surface area (Å²) >= 11 is 27.4. The lowest BCUT2D eigenvalue weighted by atomic mass is 10.1. The fourth-order valence-corrected chi connectivity index (χ4v) is 6.27. The summed E-state index contributed by atoms with van der Waals surface area (Å²) in [6.07, 6.45) is 0. The van der Waals surface area contributed by atoms with Gasteiger partial charge in [0.2, 0.25) is 0 Å². The van der Waals surface area contributed by atoms with E-state index in [1.165, 1.54) is 37.4 Å². The Morgan fingerprint density at radius 1 is 0.750 bits per heavy atom. The summed E-state index contributed by atoms with van der Waals surface area (Å²) in [5.74, 6) is -0.435. The zero-order chi connectivity index (χ0) is 17.8. The second-order valence-electron chi connectivity index (χ2n) is 5.07. The first-order valence-electron chi connectivity index (χ1n) is 6.64. The number of fused-ring (bicyclic) bond motifs is 2. The number of ketones is 2. The SMILES string of the molecule is CC(=O)c1c(Cl)c(Cl)c(C(C)=O)c2c1Sc1cc(Cl)c(Cl)cc1S2. The third-order valence-corrected chi connectivity index (χ3v) is 7.58. The van der Waals surface area contributed by atoms with Crippen molar-refractivity contribution in [3.8, 4) is 0 Å². The van der Waals surface area contributed by atoms with Crippen LogP contribution in [0.25, 0.3) is 0 Å². The topological polar surface area (TPSA) is 34.1 Å². The molecule has 1 aliphatic rings. The molecule has 1 aliphatic heterocycles. The lowest BCUT2D eigenvalue weighted by molar-refractivity contribution is 0.0996. The Labute approximate surface area is 167 Å². The molecule has 0 atom stereocenters. The molecule has 0 saturated heterocycles. The van der Waals surface area contributed by atoms with Gasteiger partial charge in [-0.3, -0.25) is 9.59 Å². The fourth-order valence-electron chi connectivity index (χ4n) is 2.36. The fraction of sp³-hybridized carbons (Fsp3) is 0.125. The van der Waals surface area contributed by atoms with Gasteiger partial charge in [0.15, 0.2) is 11.6 Å². The summed E-state index contributed by atoms with van der Waals surface area (Å²) in [6, 6.07) is 3.47. The zero-order valence-corrected chi connectivity index (χ0v) is 17.0. The molecule has 24 heavy (non-hydrogen) atoms. The highest BCUT2D eigenvalue weighted by Crippen LogP contribution is 2.55. The summed E-state index contributed by atoms with van der Waals surface area (Å²) in [5, 5.41) is 1.04. The van der Waals surface area contributed by atoms with Crippen LogP contribution in [0.5, 0.6) is 0 Å². The van der Waals surface area contributed by atoms with Crippen LogP contribution in [0.3, 0.4) is 0 Å². The molecule has 8 heteroatoms. The van der Waals surface area contributed by atoms with Crippen molar-refractivity contribution in [1.29, 1.82) is 0 Å². The largest absolute Gasteiger partial charge is 0.294 e. The van der Waals surface area contributed by atoms with Gasteiger partial charge in [-0.05, 0) is 26.0 Å². The molecule has 0 bridgehead atoms. The van der Waals surface area contributed by atoms with E-state index in [0.717, 1.165) is 9.79 Å². The van der Waals surface area contributed by atoms with Crippen LogP contribution in [0.4, 0.5) is 0 Å². The predicted octanol–water partition coefficient (Wildman–Crippen LogP) is 7.32. The summed E-state index contributed by atoms with van der Waals surface area (Å²) in [5.41, 5.74) is 0.631. The molecule has 124 valence electrons. The van der Waals surface area contributed by atoms with Gasteiger partial charge in [0.25, 0.3) is 0 Å². The van der Waals surface area contributed by atoms with Crippen LogP contribution >= 0.6 is 69.9 Å². The number of hydrogen-bond donors (Lipinski definition) is 0. The average molecular weight is 438 g/mol. The second kappa shape index (κ2) is 6.75. The van der Waals surface area contributed by atoms with Crippen LogP contribution in [0.2, 0.25) is 20.1 Å². The number of carbonyl (C=O) groups excluding carboxylic acids is 2. The zero-order valence-electron chi connectivity index (χ0n) is 12.3. The van der Waals surface area contributed by atoms with Gasteiger partial charge >= 0.3 is 0 Å². The highest BCUT2D eigenvalue weighted by molar-refractivity contribution is 8.05. The summed E-state index contributed by atoms with van der Waals surface area (Å²) in [7, 11) is 0. The molecule has 2 aromatic rings. The molecule has 0 aromatic heterocycles. The molecular formula is C16H8Cl4O2S2. The summed E-state index contributed by atoms with van der Waals surface area (Å²) < 4.78 is 0. The van der Waals surface area contributed by atoms with Gasteiger partial charge < -0.3 is 0 Å². The Bertz CT molecular complexity index is 851. The standard InChI is InChI=1S/C16H8Cl4O2S2/c1-5(21)11-13(19)14(20)12(6(2)22)16-15(11)23-9-3-7(17)8(18)4-10(9)24-16/h3-4H,1-2H3. The van der Waals surface area contributed by atoms with E-state index in [1.807, 2.05) is 0 Å². The van der Waals surface area contributed by atoms with E-state index >= 15 is 0 Å². The Hall–Kier alpha value is -0.360. The van der Waals surface area contributed by atoms with Crippen LogP contribution in [-0.2, 0) is 0 Å². The lowest BCUT2D eigenvalue weighted by Crippen LogP contribution is -2.08. The highest BCUT2D eigenvalue weighted by atomic mass is 35.5. The first-order chi connectivity index (χ1) is 11.2. The third kappa shape index (κ3) is 2.98. The first-order valence-corrected chi connectivity index (χ1v) is 9.78. The van der Waals surface area contributed by atoms with E-state index in [9.17, 15) is 9.59 Å². The quantitative estimate of drug-likeness (QED) is 0.393. The first kappa shape index (κ1) is 18.4. The number of rotatable bonds is 2. The summed E-state index contributed by atoms with van der Waals surface area (Å²) in [4.78, 5) is 27.1. The molecule has 0 amide bonds. The molecule has 2 aromatic carbocycles. The van der Waals surface area contributed by atoms with Crippen LogP contribution in [0, 0.1) is 0 Å². The van der Waals surface area contributed by atoms with Crippen molar-refractivity contribution in [1.82, 2.24) is 0 Å². The maximum Gasteiger partial charge on any atom is 0.162 e. The molecule has 0 radical (unpaired) electrons. The Kier molecular flexibility index (Phi) is 5.18. The van der Waals surface area contributed by atoms with E-state index in [2.05, 4.69) is 0 Å². The van der Waals surface area contributed by atoms with Gasteiger partial charge in [0, 0.05) is 19.6 Å². The van der Waals surface area contributed by atoms with E-state index in [1.54, 1.807) is 12.1 Å². The van der Waals surface area contributed by atoms with Crippen molar-refractivity contribution < 1.29 is 9.59 Å². The van der Waals surface area contributed by atoms with Crippen LogP contribution < -0.4 is 0 Å². The number of Topliss-reactive ketones (excluding diaryl/α,β-unsaturated/α-hetero) is 2. The molecular weight excluding hydrogens is 430 g/mol. The molecule has 0 saturated carbocycles. The predicted molar refractivity (Wildman–Crippen MR) is 101 cm³/mol.